The Kier molecular flexibility index (Phi) is 4.84. The average Bonchev–Trinajstić information content (AvgIpc) is 2.25. The van der Waals surface area contributed by atoms with Gasteiger partial charge in [0.05, 0.1) is 13.7 Å². The minimum absolute atomic E-state index is 0.171. The summed E-state index contributed by atoms with van der Waals surface area (Å²) >= 11 is 0. The molecule has 1 rings (SSSR count). The van der Waals surface area contributed by atoms with E-state index >= 15 is 0 Å². The van der Waals surface area contributed by atoms with Crippen molar-refractivity contribution in [1.29, 1.82) is 0 Å². The Morgan fingerprint density at radius 2 is 2.00 bits per heavy atom. The molecule has 1 N–H and O–H groups in total. The lowest BCUT2D eigenvalue weighted by molar-refractivity contribution is -0.116. The van der Waals surface area contributed by atoms with E-state index in [0.29, 0.717) is 6.54 Å². The number of benzene rings is 1. The molecule has 0 bridgehead atoms. The predicted octanol–water partition coefficient (Wildman–Crippen LogP) is 1.42. The Balaban J connectivity index is 2.28. The molecule has 3 nitrogen and oxygen atoms in total. The molecule has 0 aliphatic heterocycles. The number of hydrogen-bond donors (Lipinski definition) is 1. The van der Waals surface area contributed by atoms with Gasteiger partial charge in [-0.2, -0.15) is 0 Å². The van der Waals surface area contributed by atoms with Crippen LogP contribution in [0.25, 0.3) is 0 Å². The van der Waals surface area contributed by atoms with Crippen LogP contribution in [-0.4, -0.2) is 26.0 Å². The number of carbonyl (C=O) groups is 1. The molecule has 0 unspecified atom stereocenters. The maximum atomic E-state index is 10.7. The second-order valence-corrected chi connectivity index (χ2v) is 3.48. The third-order valence-corrected chi connectivity index (χ3v) is 2.12. The zero-order chi connectivity index (χ0) is 11.1. The summed E-state index contributed by atoms with van der Waals surface area (Å²) in [6.45, 7) is 2.86. The molecular formula is C12H17NO2. The number of nitrogens with one attached hydrogen (secondary N) is 1. The summed E-state index contributed by atoms with van der Waals surface area (Å²) in [5.74, 6) is 1.04. The summed E-state index contributed by atoms with van der Waals surface area (Å²) in [7, 11) is 1.66. The topological polar surface area (TPSA) is 38.3 Å². The number of carbonyl (C=O) groups excluding carboxylic acids is 1. The van der Waals surface area contributed by atoms with Crippen molar-refractivity contribution in [1.82, 2.24) is 5.32 Å². The largest absolute Gasteiger partial charge is 0.497 e. The Morgan fingerprint density at radius 3 is 2.53 bits per heavy atom. The molecule has 15 heavy (non-hydrogen) atoms. The fourth-order valence-electron chi connectivity index (χ4n) is 1.29. The highest BCUT2D eigenvalue weighted by molar-refractivity contribution is 5.77. The van der Waals surface area contributed by atoms with Gasteiger partial charge in [-0.05, 0) is 37.6 Å². The lowest BCUT2D eigenvalue weighted by Crippen LogP contribution is -2.23. The van der Waals surface area contributed by atoms with E-state index in [1.807, 2.05) is 24.3 Å². The predicted molar refractivity (Wildman–Crippen MR) is 60.2 cm³/mol. The number of rotatable bonds is 6. The van der Waals surface area contributed by atoms with Crippen LogP contribution in [0.15, 0.2) is 24.3 Å². The maximum Gasteiger partial charge on any atom is 0.143 e. The van der Waals surface area contributed by atoms with E-state index in [1.165, 1.54) is 5.56 Å². The zero-order valence-electron chi connectivity index (χ0n) is 9.25. The second kappa shape index (κ2) is 6.19. The second-order valence-electron chi connectivity index (χ2n) is 3.48. The smallest absolute Gasteiger partial charge is 0.143 e. The highest BCUT2D eigenvalue weighted by atomic mass is 16.5. The molecule has 0 aliphatic rings. The number of methoxy groups -OCH3 is 1. The van der Waals surface area contributed by atoms with Gasteiger partial charge in [0.15, 0.2) is 0 Å². The molecule has 0 saturated carbocycles. The highest BCUT2D eigenvalue weighted by Crippen LogP contribution is 2.11. The van der Waals surface area contributed by atoms with Crippen LogP contribution in [0.3, 0.4) is 0 Å². The van der Waals surface area contributed by atoms with Crippen molar-refractivity contribution >= 4 is 5.78 Å². The lowest BCUT2D eigenvalue weighted by Gasteiger charge is -2.04. The van der Waals surface area contributed by atoms with Gasteiger partial charge >= 0.3 is 0 Å². The third-order valence-electron chi connectivity index (χ3n) is 2.12. The fourth-order valence-corrected chi connectivity index (χ4v) is 1.29. The lowest BCUT2D eigenvalue weighted by atomic mass is 10.1. The monoisotopic (exact) mass is 207 g/mol. The van der Waals surface area contributed by atoms with Crippen molar-refractivity contribution in [2.75, 3.05) is 20.2 Å². The van der Waals surface area contributed by atoms with E-state index in [9.17, 15) is 4.79 Å². The molecule has 0 saturated heterocycles. The van der Waals surface area contributed by atoms with Gasteiger partial charge in [-0.15, -0.1) is 0 Å². The van der Waals surface area contributed by atoms with Crippen molar-refractivity contribution in [2.45, 2.75) is 13.3 Å². The number of ether oxygens (including phenoxy) is 1. The van der Waals surface area contributed by atoms with E-state index < -0.39 is 0 Å². The van der Waals surface area contributed by atoms with Gasteiger partial charge in [0.2, 0.25) is 0 Å². The van der Waals surface area contributed by atoms with Gasteiger partial charge in [-0.3, -0.25) is 4.79 Å². The molecule has 0 spiro atoms. The molecular weight excluding hydrogens is 190 g/mol. The number of hydrogen-bond acceptors (Lipinski definition) is 3. The van der Waals surface area contributed by atoms with Crippen LogP contribution in [0.1, 0.15) is 12.5 Å². The fraction of sp³-hybridized carbons (Fsp3) is 0.417. The highest BCUT2D eigenvalue weighted by Gasteiger charge is 1.95. The first kappa shape index (κ1) is 11.7. The SMILES string of the molecule is COc1ccc(CCNCC(C)=O)cc1. The number of ketones is 1. The summed E-state index contributed by atoms with van der Waals surface area (Å²) in [6, 6.07) is 7.96. The van der Waals surface area contributed by atoms with Crippen molar-refractivity contribution in [3.05, 3.63) is 29.8 Å². The molecule has 0 amide bonds. The molecule has 82 valence electrons. The van der Waals surface area contributed by atoms with Crippen molar-refractivity contribution in [3.63, 3.8) is 0 Å². The molecule has 0 heterocycles. The van der Waals surface area contributed by atoms with Crippen LogP contribution >= 0.6 is 0 Å². The summed E-state index contributed by atoms with van der Waals surface area (Å²) in [4.78, 5) is 10.7. The molecule has 0 radical (unpaired) electrons. The Labute approximate surface area is 90.4 Å². The summed E-state index contributed by atoms with van der Waals surface area (Å²) < 4.78 is 5.07. The summed E-state index contributed by atoms with van der Waals surface area (Å²) in [6.07, 6.45) is 0.928. The van der Waals surface area contributed by atoms with Gasteiger partial charge < -0.3 is 10.1 Å². The van der Waals surface area contributed by atoms with Gasteiger partial charge in [0, 0.05) is 0 Å². The quantitative estimate of drug-likeness (QED) is 0.717. The first-order chi connectivity index (χ1) is 7.22. The minimum atomic E-state index is 0.171. The number of Topliss-reactive ketones (excluding diaryl/α,β-unsaturated/α-hetero) is 1. The summed E-state index contributed by atoms with van der Waals surface area (Å²) in [5, 5.41) is 3.08. The van der Waals surface area contributed by atoms with E-state index in [0.717, 1.165) is 18.7 Å². The Bertz CT molecular complexity index is 306. The van der Waals surface area contributed by atoms with Gasteiger partial charge in [-0.1, -0.05) is 12.1 Å². The van der Waals surface area contributed by atoms with Crippen molar-refractivity contribution < 1.29 is 9.53 Å². The van der Waals surface area contributed by atoms with E-state index in [1.54, 1.807) is 14.0 Å². The Morgan fingerprint density at radius 1 is 1.33 bits per heavy atom. The van der Waals surface area contributed by atoms with E-state index in [2.05, 4.69) is 5.32 Å². The standard InChI is InChI=1S/C12H17NO2/c1-10(14)9-13-8-7-11-3-5-12(15-2)6-4-11/h3-6,13H,7-9H2,1-2H3. The van der Waals surface area contributed by atoms with Crippen molar-refractivity contribution in [2.24, 2.45) is 0 Å². The van der Waals surface area contributed by atoms with Crippen LogP contribution in [0, 0.1) is 0 Å². The molecule has 1 aromatic carbocycles. The normalized spacial score (nSPS) is 10.0. The van der Waals surface area contributed by atoms with Crippen LogP contribution in [0.2, 0.25) is 0 Å². The molecule has 0 aliphatic carbocycles. The summed E-state index contributed by atoms with van der Waals surface area (Å²) in [5.41, 5.74) is 1.24. The molecule has 3 heteroatoms. The first-order valence-electron chi connectivity index (χ1n) is 5.05. The van der Waals surface area contributed by atoms with E-state index in [-0.39, 0.29) is 5.78 Å². The minimum Gasteiger partial charge on any atom is -0.497 e. The van der Waals surface area contributed by atoms with E-state index in [4.69, 9.17) is 4.74 Å². The molecule has 1 aromatic rings. The molecule has 0 fully saturated rings. The van der Waals surface area contributed by atoms with Crippen LogP contribution in [0.5, 0.6) is 5.75 Å². The van der Waals surface area contributed by atoms with Gasteiger partial charge in [0.25, 0.3) is 0 Å². The van der Waals surface area contributed by atoms with Gasteiger partial charge in [0.1, 0.15) is 11.5 Å². The maximum absolute atomic E-state index is 10.7. The van der Waals surface area contributed by atoms with Gasteiger partial charge in [-0.25, -0.2) is 0 Å². The van der Waals surface area contributed by atoms with Crippen LogP contribution in [-0.2, 0) is 11.2 Å². The molecule has 0 atom stereocenters. The zero-order valence-corrected chi connectivity index (χ0v) is 9.25. The third kappa shape index (κ3) is 4.61. The average molecular weight is 207 g/mol. The van der Waals surface area contributed by atoms with Crippen LogP contribution in [0.4, 0.5) is 0 Å². The Hall–Kier alpha value is -1.35. The first-order valence-corrected chi connectivity index (χ1v) is 5.05. The van der Waals surface area contributed by atoms with Crippen LogP contribution < -0.4 is 10.1 Å². The molecule has 0 aromatic heterocycles. The van der Waals surface area contributed by atoms with Crippen molar-refractivity contribution in [3.8, 4) is 5.75 Å².